The predicted octanol–water partition coefficient (Wildman–Crippen LogP) is 3.41. The summed E-state index contributed by atoms with van der Waals surface area (Å²) >= 11 is 0. The molecule has 0 saturated carbocycles. The lowest BCUT2D eigenvalue weighted by molar-refractivity contribution is -0.134. The molecule has 0 radical (unpaired) electrons. The van der Waals surface area contributed by atoms with E-state index in [-0.39, 0.29) is 29.5 Å². The first kappa shape index (κ1) is 23.0. The SMILES string of the molecule is Cc1cccc(C(=O)N[C@H](C(=O)N2CCCC2)C2CCN(C(=O)c3ccc(F)cc3)CC2)c1. The average molecular weight is 452 g/mol. The van der Waals surface area contributed by atoms with Crippen molar-refractivity contribution in [2.75, 3.05) is 26.2 Å². The van der Waals surface area contributed by atoms with Crippen LogP contribution in [0.1, 0.15) is 52.0 Å². The van der Waals surface area contributed by atoms with Crippen LogP contribution in [0.5, 0.6) is 0 Å². The first-order chi connectivity index (χ1) is 15.9. The molecule has 6 nitrogen and oxygen atoms in total. The van der Waals surface area contributed by atoms with Gasteiger partial charge in [-0.3, -0.25) is 14.4 Å². The monoisotopic (exact) mass is 451 g/mol. The highest BCUT2D eigenvalue weighted by molar-refractivity contribution is 5.98. The van der Waals surface area contributed by atoms with Gasteiger partial charge in [0.15, 0.2) is 0 Å². The van der Waals surface area contributed by atoms with Gasteiger partial charge in [0.25, 0.3) is 11.8 Å². The second-order valence-corrected chi connectivity index (χ2v) is 8.99. The molecule has 2 heterocycles. The minimum atomic E-state index is -0.612. The van der Waals surface area contributed by atoms with Gasteiger partial charge in [-0.2, -0.15) is 0 Å². The number of hydrogen-bond donors (Lipinski definition) is 1. The Kier molecular flexibility index (Phi) is 7.06. The number of nitrogens with zero attached hydrogens (tertiary/aromatic N) is 2. The van der Waals surface area contributed by atoms with Gasteiger partial charge >= 0.3 is 0 Å². The van der Waals surface area contributed by atoms with Gasteiger partial charge in [-0.05, 0) is 74.9 Å². The van der Waals surface area contributed by atoms with Crippen LogP contribution in [-0.2, 0) is 4.79 Å². The first-order valence-corrected chi connectivity index (χ1v) is 11.6. The fraction of sp³-hybridized carbons (Fsp3) is 0.423. The maximum Gasteiger partial charge on any atom is 0.253 e. The summed E-state index contributed by atoms with van der Waals surface area (Å²) in [5.74, 6) is -0.848. The van der Waals surface area contributed by atoms with Gasteiger partial charge in [0.2, 0.25) is 5.91 Å². The molecule has 33 heavy (non-hydrogen) atoms. The number of carbonyl (C=O) groups is 3. The van der Waals surface area contributed by atoms with E-state index >= 15 is 0 Å². The van der Waals surface area contributed by atoms with Crippen LogP contribution >= 0.6 is 0 Å². The summed E-state index contributed by atoms with van der Waals surface area (Å²) in [4.78, 5) is 42.7. The fourth-order valence-electron chi connectivity index (χ4n) is 4.74. The molecular weight excluding hydrogens is 421 g/mol. The number of likely N-dealkylation sites (tertiary alicyclic amines) is 2. The number of halogens is 1. The van der Waals surface area contributed by atoms with Gasteiger partial charge in [-0.25, -0.2) is 4.39 Å². The molecule has 2 aliphatic rings. The van der Waals surface area contributed by atoms with Crippen molar-refractivity contribution in [1.82, 2.24) is 15.1 Å². The third-order valence-electron chi connectivity index (χ3n) is 6.64. The van der Waals surface area contributed by atoms with Crippen LogP contribution in [0.15, 0.2) is 48.5 Å². The summed E-state index contributed by atoms with van der Waals surface area (Å²) in [5, 5.41) is 3.01. The standard InChI is InChI=1S/C26H30FN3O3/c1-18-5-4-6-21(17-18)24(31)28-23(26(33)29-13-2-3-14-29)19-11-15-30(16-12-19)25(32)20-7-9-22(27)10-8-20/h4-10,17,19,23H,2-3,11-16H2,1H3,(H,28,31)/t23-/m0/s1. The number of amides is 3. The molecule has 2 saturated heterocycles. The van der Waals surface area contributed by atoms with Crippen LogP contribution < -0.4 is 5.32 Å². The van der Waals surface area contributed by atoms with E-state index in [1.165, 1.54) is 24.3 Å². The van der Waals surface area contributed by atoms with Crippen LogP contribution in [0.25, 0.3) is 0 Å². The number of rotatable bonds is 5. The average Bonchev–Trinajstić information content (AvgIpc) is 3.37. The summed E-state index contributed by atoms with van der Waals surface area (Å²) in [5.41, 5.74) is 1.98. The molecule has 2 aromatic rings. The molecule has 0 bridgehead atoms. The molecule has 1 N–H and O–H groups in total. The van der Waals surface area contributed by atoms with E-state index in [0.29, 0.717) is 37.1 Å². The Hall–Kier alpha value is -3.22. The molecule has 1 atom stereocenters. The third kappa shape index (κ3) is 5.41. The minimum Gasteiger partial charge on any atom is -0.341 e. The first-order valence-electron chi connectivity index (χ1n) is 11.6. The van der Waals surface area contributed by atoms with Crippen molar-refractivity contribution in [1.29, 1.82) is 0 Å². The van der Waals surface area contributed by atoms with Crippen LogP contribution in [0.2, 0.25) is 0 Å². The Morgan fingerprint density at radius 3 is 2.21 bits per heavy atom. The minimum absolute atomic E-state index is 0.0307. The highest BCUT2D eigenvalue weighted by Crippen LogP contribution is 2.25. The lowest BCUT2D eigenvalue weighted by Crippen LogP contribution is -2.54. The molecule has 2 aliphatic heterocycles. The van der Waals surface area contributed by atoms with Crippen molar-refractivity contribution in [3.63, 3.8) is 0 Å². The lowest BCUT2D eigenvalue weighted by atomic mass is 9.88. The molecule has 0 spiro atoms. The van der Waals surface area contributed by atoms with Crippen LogP contribution in [0.3, 0.4) is 0 Å². The van der Waals surface area contributed by atoms with E-state index in [0.717, 1.165) is 31.5 Å². The summed E-state index contributed by atoms with van der Waals surface area (Å²) < 4.78 is 13.2. The number of piperidine rings is 1. The topological polar surface area (TPSA) is 69.7 Å². The van der Waals surface area contributed by atoms with E-state index in [2.05, 4.69) is 5.32 Å². The van der Waals surface area contributed by atoms with Gasteiger partial charge in [-0.15, -0.1) is 0 Å². The van der Waals surface area contributed by atoms with Crippen molar-refractivity contribution in [2.24, 2.45) is 5.92 Å². The smallest absolute Gasteiger partial charge is 0.253 e. The molecule has 0 aromatic heterocycles. The molecule has 0 aliphatic carbocycles. The Morgan fingerprint density at radius 1 is 0.909 bits per heavy atom. The Balaban J connectivity index is 1.45. The van der Waals surface area contributed by atoms with E-state index in [1.54, 1.807) is 11.0 Å². The van der Waals surface area contributed by atoms with E-state index in [1.807, 2.05) is 30.0 Å². The van der Waals surface area contributed by atoms with Crippen LogP contribution in [-0.4, -0.2) is 59.7 Å². The number of nitrogens with one attached hydrogen (secondary N) is 1. The zero-order chi connectivity index (χ0) is 23.4. The molecule has 0 unspecified atom stereocenters. The van der Waals surface area contributed by atoms with Crippen LogP contribution in [0, 0.1) is 18.7 Å². The zero-order valence-corrected chi connectivity index (χ0v) is 18.9. The van der Waals surface area contributed by atoms with Gasteiger partial charge < -0.3 is 15.1 Å². The third-order valence-corrected chi connectivity index (χ3v) is 6.64. The van der Waals surface area contributed by atoms with Crippen molar-refractivity contribution in [3.8, 4) is 0 Å². The summed E-state index contributed by atoms with van der Waals surface area (Å²) in [6, 6.07) is 12.3. The molecule has 2 aromatic carbocycles. The quantitative estimate of drug-likeness (QED) is 0.758. The van der Waals surface area contributed by atoms with Crippen LogP contribution in [0.4, 0.5) is 4.39 Å². The zero-order valence-electron chi connectivity index (χ0n) is 18.9. The van der Waals surface area contributed by atoms with Crippen molar-refractivity contribution < 1.29 is 18.8 Å². The molecular formula is C26H30FN3O3. The second-order valence-electron chi connectivity index (χ2n) is 8.99. The molecule has 2 fully saturated rings. The number of benzene rings is 2. The Labute approximate surface area is 193 Å². The fourth-order valence-corrected chi connectivity index (χ4v) is 4.74. The second kappa shape index (κ2) is 10.1. The summed E-state index contributed by atoms with van der Waals surface area (Å²) in [6.45, 7) is 4.35. The maximum atomic E-state index is 13.3. The Morgan fingerprint density at radius 2 is 1.58 bits per heavy atom. The van der Waals surface area contributed by atoms with Crippen molar-refractivity contribution in [3.05, 3.63) is 71.0 Å². The van der Waals surface area contributed by atoms with Gasteiger partial charge in [-0.1, -0.05) is 17.7 Å². The maximum absolute atomic E-state index is 13.3. The largest absolute Gasteiger partial charge is 0.341 e. The lowest BCUT2D eigenvalue weighted by Gasteiger charge is -2.37. The summed E-state index contributed by atoms with van der Waals surface area (Å²) in [6.07, 6.45) is 3.19. The number of hydrogen-bond acceptors (Lipinski definition) is 3. The van der Waals surface area contributed by atoms with Gasteiger partial charge in [0.05, 0.1) is 0 Å². The molecule has 7 heteroatoms. The Bertz CT molecular complexity index is 1010. The number of carbonyl (C=O) groups excluding carboxylic acids is 3. The highest BCUT2D eigenvalue weighted by atomic mass is 19.1. The van der Waals surface area contributed by atoms with E-state index in [9.17, 15) is 18.8 Å². The molecule has 4 rings (SSSR count). The summed E-state index contributed by atoms with van der Waals surface area (Å²) in [7, 11) is 0. The van der Waals surface area contributed by atoms with Gasteiger partial charge in [0, 0.05) is 37.3 Å². The van der Waals surface area contributed by atoms with Crippen molar-refractivity contribution in [2.45, 2.75) is 38.6 Å². The highest BCUT2D eigenvalue weighted by Gasteiger charge is 2.37. The normalized spacial score (nSPS) is 17.6. The molecule has 3 amide bonds. The molecule has 174 valence electrons. The van der Waals surface area contributed by atoms with E-state index < -0.39 is 6.04 Å². The van der Waals surface area contributed by atoms with E-state index in [4.69, 9.17) is 0 Å². The van der Waals surface area contributed by atoms with Crippen molar-refractivity contribution >= 4 is 17.7 Å². The number of aryl methyl sites for hydroxylation is 1. The van der Waals surface area contributed by atoms with Gasteiger partial charge in [0.1, 0.15) is 11.9 Å². The predicted molar refractivity (Wildman–Crippen MR) is 123 cm³/mol.